The third kappa shape index (κ3) is 3.73. The van der Waals surface area contributed by atoms with E-state index in [4.69, 9.17) is 0 Å². The molecule has 1 unspecified atom stereocenters. The first kappa shape index (κ1) is 15.3. The molecular formula is C17H23N3O. The Labute approximate surface area is 126 Å². The second kappa shape index (κ2) is 6.59. The number of nitrogens with zero attached hydrogens (tertiary/aromatic N) is 2. The van der Waals surface area contributed by atoms with E-state index in [1.54, 1.807) is 6.07 Å². The fraction of sp³-hybridized carbons (Fsp3) is 0.353. The van der Waals surface area contributed by atoms with Gasteiger partial charge in [-0.15, -0.1) is 0 Å². The number of nitrogens with one attached hydrogen (secondary N) is 1. The predicted octanol–water partition coefficient (Wildman–Crippen LogP) is 3.01. The van der Waals surface area contributed by atoms with E-state index in [1.807, 2.05) is 58.3 Å². The van der Waals surface area contributed by atoms with E-state index < -0.39 is 0 Å². The number of hydrogen-bond acceptors (Lipinski definition) is 4. The molecule has 2 aromatic rings. The highest BCUT2D eigenvalue weighted by atomic mass is 16.3. The number of aromatic nitrogens is 1. The highest BCUT2D eigenvalue weighted by Gasteiger charge is 2.11. The van der Waals surface area contributed by atoms with Crippen LogP contribution in [-0.4, -0.2) is 24.2 Å². The maximum Gasteiger partial charge on any atom is 0.122 e. The van der Waals surface area contributed by atoms with Crippen molar-refractivity contribution in [3.63, 3.8) is 0 Å². The summed E-state index contributed by atoms with van der Waals surface area (Å²) in [6.45, 7) is 4.72. The van der Waals surface area contributed by atoms with Crippen LogP contribution in [0.1, 0.15) is 29.9 Å². The summed E-state index contributed by atoms with van der Waals surface area (Å²) in [5.41, 5.74) is 3.91. The molecule has 1 aromatic carbocycles. The molecule has 0 bridgehead atoms. The molecular weight excluding hydrogens is 262 g/mol. The molecule has 4 nitrogen and oxygen atoms in total. The van der Waals surface area contributed by atoms with Gasteiger partial charge in [-0.2, -0.15) is 0 Å². The first-order valence-electron chi connectivity index (χ1n) is 7.15. The highest BCUT2D eigenvalue weighted by molar-refractivity contribution is 5.53. The Morgan fingerprint density at radius 1 is 1.29 bits per heavy atom. The minimum absolute atomic E-state index is 0.128. The van der Waals surface area contributed by atoms with Gasteiger partial charge in [-0.25, -0.2) is 0 Å². The summed E-state index contributed by atoms with van der Waals surface area (Å²) in [6, 6.07) is 11.9. The monoisotopic (exact) mass is 285 g/mol. The SMILES string of the molecule is CNC(C)c1ccc(N(C)Cc2cccc(C)n2)cc1O. The minimum atomic E-state index is 0.128. The summed E-state index contributed by atoms with van der Waals surface area (Å²) in [4.78, 5) is 6.58. The smallest absolute Gasteiger partial charge is 0.122 e. The average Bonchev–Trinajstić information content (AvgIpc) is 2.46. The van der Waals surface area contributed by atoms with Crippen LogP contribution < -0.4 is 10.2 Å². The maximum atomic E-state index is 10.2. The Bertz CT molecular complexity index is 613. The molecule has 1 aromatic heterocycles. The number of anilines is 1. The van der Waals surface area contributed by atoms with Gasteiger partial charge >= 0.3 is 0 Å². The first-order valence-corrected chi connectivity index (χ1v) is 7.15. The Kier molecular flexibility index (Phi) is 4.81. The van der Waals surface area contributed by atoms with Gasteiger partial charge in [-0.1, -0.05) is 12.1 Å². The highest BCUT2D eigenvalue weighted by Crippen LogP contribution is 2.28. The van der Waals surface area contributed by atoms with Crippen molar-refractivity contribution >= 4 is 5.69 Å². The van der Waals surface area contributed by atoms with Crippen molar-refractivity contribution in [1.82, 2.24) is 10.3 Å². The Morgan fingerprint density at radius 3 is 2.67 bits per heavy atom. The molecule has 0 saturated carbocycles. The third-order valence-electron chi connectivity index (χ3n) is 3.70. The zero-order chi connectivity index (χ0) is 15.4. The van der Waals surface area contributed by atoms with Crippen LogP contribution >= 0.6 is 0 Å². The molecule has 21 heavy (non-hydrogen) atoms. The second-order valence-electron chi connectivity index (χ2n) is 5.38. The van der Waals surface area contributed by atoms with E-state index >= 15 is 0 Å². The zero-order valence-electron chi connectivity index (χ0n) is 13.1. The van der Waals surface area contributed by atoms with Crippen LogP contribution in [-0.2, 0) is 6.54 Å². The van der Waals surface area contributed by atoms with E-state index in [0.717, 1.165) is 22.6 Å². The normalized spacial score (nSPS) is 12.2. The van der Waals surface area contributed by atoms with Gasteiger partial charge in [0.25, 0.3) is 0 Å². The predicted molar refractivity (Wildman–Crippen MR) is 86.7 cm³/mol. The van der Waals surface area contributed by atoms with E-state index in [-0.39, 0.29) is 6.04 Å². The van der Waals surface area contributed by atoms with Crippen LogP contribution in [0.4, 0.5) is 5.69 Å². The summed E-state index contributed by atoms with van der Waals surface area (Å²) >= 11 is 0. The van der Waals surface area contributed by atoms with Crippen LogP contribution in [0.15, 0.2) is 36.4 Å². The van der Waals surface area contributed by atoms with E-state index in [1.165, 1.54) is 0 Å². The van der Waals surface area contributed by atoms with Gasteiger partial charge in [-0.3, -0.25) is 4.98 Å². The van der Waals surface area contributed by atoms with Crippen molar-refractivity contribution in [3.8, 4) is 5.75 Å². The van der Waals surface area contributed by atoms with Gasteiger partial charge < -0.3 is 15.3 Å². The minimum Gasteiger partial charge on any atom is -0.508 e. The number of rotatable bonds is 5. The van der Waals surface area contributed by atoms with Gasteiger partial charge in [0, 0.05) is 36.1 Å². The van der Waals surface area contributed by atoms with E-state index in [9.17, 15) is 5.11 Å². The Hall–Kier alpha value is -2.07. The van der Waals surface area contributed by atoms with Crippen LogP contribution in [0.5, 0.6) is 5.75 Å². The molecule has 2 rings (SSSR count). The lowest BCUT2D eigenvalue weighted by Gasteiger charge is -2.21. The van der Waals surface area contributed by atoms with Gasteiger partial charge in [0.1, 0.15) is 5.75 Å². The lowest BCUT2D eigenvalue weighted by Crippen LogP contribution is -2.18. The summed E-state index contributed by atoms with van der Waals surface area (Å²) in [5.74, 6) is 0.318. The molecule has 2 N–H and O–H groups in total. The van der Waals surface area contributed by atoms with Crippen molar-refractivity contribution in [2.45, 2.75) is 26.4 Å². The molecule has 0 spiro atoms. The zero-order valence-corrected chi connectivity index (χ0v) is 13.1. The quantitative estimate of drug-likeness (QED) is 0.886. The van der Waals surface area contributed by atoms with Gasteiger partial charge in [0.05, 0.1) is 12.2 Å². The molecule has 0 aliphatic heterocycles. The fourth-order valence-corrected chi connectivity index (χ4v) is 2.31. The van der Waals surface area contributed by atoms with Crippen molar-refractivity contribution in [2.24, 2.45) is 0 Å². The lowest BCUT2D eigenvalue weighted by atomic mass is 10.1. The topological polar surface area (TPSA) is 48.4 Å². The van der Waals surface area contributed by atoms with Crippen LogP contribution in [0.2, 0.25) is 0 Å². The maximum absolute atomic E-state index is 10.2. The van der Waals surface area contributed by atoms with E-state index in [0.29, 0.717) is 12.3 Å². The summed E-state index contributed by atoms with van der Waals surface area (Å²) < 4.78 is 0. The molecule has 112 valence electrons. The summed E-state index contributed by atoms with van der Waals surface area (Å²) in [6.07, 6.45) is 0. The lowest BCUT2D eigenvalue weighted by molar-refractivity contribution is 0.458. The van der Waals surface area contributed by atoms with Gasteiger partial charge in [0.2, 0.25) is 0 Å². The molecule has 0 aliphatic carbocycles. The summed E-state index contributed by atoms with van der Waals surface area (Å²) in [7, 11) is 3.88. The Balaban J connectivity index is 2.16. The van der Waals surface area contributed by atoms with Crippen molar-refractivity contribution < 1.29 is 5.11 Å². The second-order valence-corrected chi connectivity index (χ2v) is 5.38. The number of phenolic OH excluding ortho intramolecular Hbond substituents is 1. The molecule has 1 atom stereocenters. The average molecular weight is 285 g/mol. The molecule has 4 heteroatoms. The standard InChI is InChI=1S/C17H23N3O/c1-12-6-5-7-14(19-12)11-20(4)15-8-9-16(13(2)18-3)17(21)10-15/h5-10,13,18,21H,11H2,1-4H3. The van der Waals surface area contributed by atoms with Crippen LogP contribution in [0.25, 0.3) is 0 Å². The molecule has 0 fully saturated rings. The third-order valence-corrected chi connectivity index (χ3v) is 3.70. The van der Waals surface area contributed by atoms with E-state index in [2.05, 4.69) is 15.2 Å². The molecule has 0 radical (unpaired) electrons. The number of aromatic hydroxyl groups is 1. The number of aryl methyl sites for hydroxylation is 1. The largest absolute Gasteiger partial charge is 0.508 e. The number of benzene rings is 1. The Morgan fingerprint density at radius 2 is 2.05 bits per heavy atom. The molecule has 0 aliphatic rings. The van der Waals surface area contributed by atoms with Crippen LogP contribution in [0.3, 0.4) is 0 Å². The van der Waals surface area contributed by atoms with Crippen LogP contribution in [0, 0.1) is 6.92 Å². The number of pyridine rings is 1. The number of hydrogen-bond donors (Lipinski definition) is 2. The van der Waals surface area contributed by atoms with Gasteiger partial charge in [0.15, 0.2) is 0 Å². The van der Waals surface area contributed by atoms with Crippen molar-refractivity contribution in [3.05, 3.63) is 53.3 Å². The molecule has 0 saturated heterocycles. The summed E-state index contributed by atoms with van der Waals surface area (Å²) in [5, 5.41) is 13.3. The van der Waals surface area contributed by atoms with Gasteiger partial charge in [-0.05, 0) is 39.1 Å². The fourth-order valence-electron chi connectivity index (χ4n) is 2.31. The van der Waals surface area contributed by atoms with Crippen molar-refractivity contribution in [2.75, 3.05) is 19.0 Å². The number of phenols is 1. The first-order chi connectivity index (χ1) is 10.0. The van der Waals surface area contributed by atoms with Crippen molar-refractivity contribution in [1.29, 1.82) is 0 Å². The molecule has 1 heterocycles. The molecule has 0 amide bonds.